The number of nitrogens with one attached hydrogen (secondary N) is 1. The third-order valence-corrected chi connectivity index (χ3v) is 10.6. The summed E-state index contributed by atoms with van der Waals surface area (Å²) in [5.74, 6) is -0.537. The van der Waals surface area contributed by atoms with E-state index in [1.807, 2.05) is 66.2 Å². The van der Waals surface area contributed by atoms with Gasteiger partial charge in [-0.3, -0.25) is 24.2 Å². The lowest BCUT2D eigenvalue weighted by molar-refractivity contribution is -0.189. The van der Waals surface area contributed by atoms with Gasteiger partial charge in [0.15, 0.2) is 5.78 Å². The van der Waals surface area contributed by atoms with Gasteiger partial charge in [0, 0.05) is 55.7 Å². The topological polar surface area (TPSA) is 165 Å². The largest absolute Gasteiger partial charge is 0.524 e. The highest BCUT2D eigenvalue weighted by atomic mass is 31.2. The second kappa shape index (κ2) is 15.2. The molecule has 282 valence electrons. The maximum atomic E-state index is 14.7. The van der Waals surface area contributed by atoms with Crippen molar-refractivity contribution in [3.05, 3.63) is 114 Å². The number of carbonyl (C=O) groups is 4. The third-order valence-electron chi connectivity index (χ3n) is 10.1. The molecular formula is C39H43N6O8P. The van der Waals surface area contributed by atoms with Crippen LogP contribution in [0.4, 0.5) is 4.79 Å². The molecule has 3 fully saturated rings. The molecule has 1 aromatic heterocycles. The molecule has 0 bridgehead atoms. The Kier molecular flexibility index (Phi) is 10.5. The van der Waals surface area contributed by atoms with Crippen LogP contribution in [0.2, 0.25) is 0 Å². The van der Waals surface area contributed by atoms with E-state index in [0.717, 1.165) is 34.9 Å². The van der Waals surface area contributed by atoms with E-state index in [1.54, 1.807) is 28.1 Å². The minimum atomic E-state index is -4.79. The molecule has 2 aliphatic heterocycles. The van der Waals surface area contributed by atoms with E-state index < -0.39 is 26.1 Å². The molecule has 4 aromatic rings. The Morgan fingerprint density at radius 1 is 1.00 bits per heavy atom. The van der Waals surface area contributed by atoms with Crippen LogP contribution in [0, 0.1) is 5.92 Å². The van der Waals surface area contributed by atoms with Crippen molar-refractivity contribution in [2.24, 2.45) is 5.92 Å². The molecule has 14 nitrogen and oxygen atoms in total. The van der Waals surface area contributed by atoms with Crippen LogP contribution < -0.4 is 9.84 Å². The Balaban J connectivity index is 1.26. The Morgan fingerprint density at radius 3 is 2.41 bits per heavy atom. The van der Waals surface area contributed by atoms with Crippen LogP contribution >= 0.6 is 7.82 Å². The van der Waals surface area contributed by atoms with Crippen LogP contribution in [0.3, 0.4) is 0 Å². The number of fused-ring (bicyclic) bond motifs is 2. The number of hydrogen-bond acceptors (Lipinski definition) is 7. The molecule has 7 rings (SSSR count). The second-order valence-corrected chi connectivity index (χ2v) is 15.0. The number of phosphoric ester groups is 1. The fraction of sp³-hybridized carbons (Fsp3) is 0.333. The number of ketones is 1. The van der Waals surface area contributed by atoms with Crippen molar-refractivity contribution >= 4 is 42.4 Å². The number of amides is 4. The summed E-state index contributed by atoms with van der Waals surface area (Å²) >= 11 is 0. The predicted molar refractivity (Wildman–Crippen MR) is 200 cm³/mol. The van der Waals surface area contributed by atoms with Gasteiger partial charge in [-0.2, -0.15) is 0 Å². The highest BCUT2D eigenvalue weighted by Crippen LogP contribution is 2.39. The molecule has 2 saturated heterocycles. The Hall–Kier alpha value is -5.27. The minimum absolute atomic E-state index is 0.0135. The molecule has 3 N–H and O–H groups in total. The van der Waals surface area contributed by atoms with Gasteiger partial charge in [-0.05, 0) is 48.6 Å². The number of rotatable bonds is 13. The molecule has 1 saturated carbocycles. The van der Waals surface area contributed by atoms with E-state index in [2.05, 4.69) is 11.9 Å². The SMILES string of the molecule is C=CCN1CC(=O)N2C(Cc3ccc(OP(=O)(O)O)cc3)C(=O)N(Cc3cccc4c(C(=O)C5CC5)cn(CC)c34)CC2N1C(=O)NCc1ccccc1. The number of aryl methyl sites for hydroxylation is 1. The van der Waals surface area contributed by atoms with Crippen LogP contribution in [-0.2, 0) is 40.2 Å². The maximum absolute atomic E-state index is 14.7. The smallest absolute Gasteiger partial charge is 0.404 e. The zero-order valence-corrected chi connectivity index (χ0v) is 30.8. The van der Waals surface area contributed by atoms with Crippen molar-refractivity contribution in [2.75, 3.05) is 19.6 Å². The number of hydrazine groups is 1. The number of carbonyl (C=O) groups excluding carboxylic acids is 4. The van der Waals surface area contributed by atoms with Gasteiger partial charge in [0.1, 0.15) is 18.0 Å². The van der Waals surface area contributed by atoms with Crippen molar-refractivity contribution < 1.29 is 38.1 Å². The summed E-state index contributed by atoms with van der Waals surface area (Å²) in [4.78, 5) is 77.9. The first-order valence-electron chi connectivity index (χ1n) is 18.0. The maximum Gasteiger partial charge on any atom is 0.524 e. The molecule has 0 spiro atoms. The number of aromatic nitrogens is 1. The lowest BCUT2D eigenvalue weighted by Crippen LogP contribution is -2.76. The molecule has 54 heavy (non-hydrogen) atoms. The molecule has 15 heteroatoms. The Labute approximate surface area is 312 Å². The fourth-order valence-corrected chi connectivity index (χ4v) is 7.92. The number of hydrogen-bond donors (Lipinski definition) is 3. The van der Waals surface area contributed by atoms with Gasteiger partial charge in [-0.15, -0.1) is 6.58 Å². The zero-order chi connectivity index (χ0) is 38.1. The van der Waals surface area contributed by atoms with Gasteiger partial charge in [0.2, 0.25) is 11.8 Å². The quantitative estimate of drug-likeness (QED) is 0.102. The molecule has 4 amide bonds. The first kappa shape index (κ1) is 37.1. The summed E-state index contributed by atoms with van der Waals surface area (Å²) in [5, 5.41) is 6.97. The lowest BCUT2D eigenvalue weighted by atomic mass is 9.97. The highest BCUT2D eigenvalue weighted by Gasteiger charge is 2.51. The first-order valence-corrected chi connectivity index (χ1v) is 19.5. The predicted octanol–water partition coefficient (Wildman–Crippen LogP) is 4.46. The van der Waals surface area contributed by atoms with Gasteiger partial charge in [0.05, 0.1) is 18.6 Å². The minimum Gasteiger partial charge on any atom is -0.404 e. The van der Waals surface area contributed by atoms with E-state index in [9.17, 15) is 33.5 Å². The zero-order valence-electron chi connectivity index (χ0n) is 29.9. The van der Waals surface area contributed by atoms with Crippen molar-refractivity contribution in [3.63, 3.8) is 0 Å². The fourth-order valence-electron chi connectivity index (χ4n) is 7.53. The average molecular weight is 755 g/mol. The van der Waals surface area contributed by atoms with Crippen LogP contribution in [0.25, 0.3) is 10.9 Å². The lowest BCUT2D eigenvalue weighted by Gasteiger charge is -2.55. The van der Waals surface area contributed by atoms with Gasteiger partial charge in [0.25, 0.3) is 0 Å². The number of para-hydroxylation sites is 1. The van der Waals surface area contributed by atoms with E-state index in [1.165, 1.54) is 22.0 Å². The average Bonchev–Trinajstić information content (AvgIpc) is 3.93. The molecule has 3 aliphatic rings. The van der Waals surface area contributed by atoms with E-state index >= 15 is 0 Å². The number of benzene rings is 3. The van der Waals surface area contributed by atoms with Gasteiger partial charge in [-0.1, -0.05) is 66.7 Å². The van der Waals surface area contributed by atoms with Crippen molar-refractivity contribution in [3.8, 4) is 5.75 Å². The first-order chi connectivity index (χ1) is 26.0. The number of piperazine rings is 1. The van der Waals surface area contributed by atoms with Gasteiger partial charge >= 0.3 is 13.9 Å². The van der Waals surface area contributed by atoms with Crippen LogP contribution in [0.1, 0.15) is 46.8 Å². The Bertz CT molecular complexity index is 2130. The summed E-state index contributed by atoms with van der Waals surface area (Å²) in [6.07, 6.45) is 4.47. The number of Topliss-reactive ketones (excluding diaryl/α,β-unsaturated/α-hetero) is 1. The van der Waals surface area contributed by atoms with Gasteiger partial charge < -0.3 is 24.2 Å². The summed E-state index contributed by atoms with van der Waals surface area (Å²) in [5.41, 5.74) is 3.87. The normalized spacial score (nSPS) is 19.2. The summed E-state index contributed by atoms with van der Waals surface area (Å²) in [6.45, 7) is 6.92. The molecule has 3 heterocycles. The molecule has 0 radical (unpaired) electrons. The van der Waals surface area contributed by atoms with Crippen LogP contribution in [0.5, 0.6) is 5.75 Å². The van der Waals surface area contributed by atoms with Crippen LogP contribution in [0.15, 0.2) is 91.6 Å². The summed E-state index contributed by atoms with van der Waals surface area (Å²) < 4.78 is 18.2. The Morgan fingerprint density at radius 2 is 1.74 bits per heavy atom. The number of urea groups is 1. The molecule has 2 unspecified atom stereocenters. The highest BCUT2D eigenvalue weighted by molar-refractivity contribution is 7.46. The van der Waals surface area contributed by atoms with Crippen molar-refractivity contribution in [2.45, 2.75) is 58.0 Å². The number of phosphoric acid groups is 1. The third kappa shape index (κ3) is 7.69. The number of nitrogens with zero attached hydrogens (tertiary/aromatic N) is 5. The molecule has 1 aliphatic carbocycles. The molecule has 3 aromatic carbocycles. The molecule has 2 atom stereocenters. The van der Waals surface area contributed by atoms with E-state index in [-0.39, 0.29) is 68.4 Å². The molecular weight excluding hydrogens is 711 g/mol. The second-order valence-electron chi connectivity index (χ2n) is 13.9. The van der Waals surface area contributed by atoms with Crippen molar-refractivity contribution in [1.29, 1.82) is 0 Å². The standard InChI is InChI=1S/C39H43N6O8P/c1-3-19-43-25-35(46)44-33(20-26-13-17-30(18-14-26)53-54(50,51)52)38(48)42(24-34(44)45(43)39(49)40-21-27-9-6-5-7-10-27)22-29-11-8-12-31-32(37(47)28-15-16-28)23-41(4-2)36(29)31/h3,5-14,17-18,23,28,33-34H,1,4,15-16,19-22,24-25H2,2H3,(H,40,49)(H2,50,51,52). The van der Waals surface area contributed by atoms with Crippen molar-refractivity contribution in [1.82, 2.24) is 29.7 Å². The van der Waals surface area contributed by atoms with Gasteiger partial charge in [-0.25, -0.2) is 19.4 Å². The monoisotopic (exact) mass is 754 g/mol. The summed E-state index contributed by atoms with van der Waals surface area (Å²) in [6, 6.07) is 19.7. The van der Waals surface area contributed by atoms with E-state index in [4.69, 9.17) is 4.52 Å². The van der Waals surface area contributed by atoms with Crippen LogP contribution in [-0.4, -0.2) is 89.6 Å². The van der Waals surface area contributed by atoms with E-state index in [0.29, 0.717) is 17.7 Å². The summed E-state index contributed by atoms with van der Waals surface area (Å²) in [7, 11) is -4.79.